The van der Waals surface area contributed by atoms with Crippen molar-refractivity contribution in [1.82, 2.24) is 14.8 Å². The summed E-state index contributed by atoms with van der Waals surface area (Å²) in [5.41, 5.74) is 2.06. The Balaban J connectivity index is 1.30. The van der Waals surface area contributed by atoms with Crippen LogP contribution in [0.25, 0.3) is 10.8 Å². The van der Waals surface area contributed by atoms with Crippen LogP contribution in [0.3, 0.4) is 0 Å². The van der Waals surface area contributed by atoms with E-state index in [1.807, 2.05) is 12.1 Å². The highest BCUT2D eigenvalue weighted by Gasteiger charge is 2.19. The Bertz CT molecular complexity index is 860. The maximum atomic E-state index is 13.2. The summed E-state index contributed by atoms with van der Waals surface area (Å²) >= 11 is 7.75. The van der Waals surface area contributed by atoms with Crippen LogP contribution in [0.15, 0.2) is 46.4 Å². The molecule has 3 aromatic rings. The van der Waals surface area contributed by atoms with Gasteiger partial charge in [-0.3, -0.25) is 9.80 Å². The number of nitrogens with zero attached hydrogens (tertiary/aromatic N) is 3. The third-order valence-corrected chi connectivity index (χ3v) is 5.80. The Morgan fingerprint density at radius 3 is 2.58 bits per heavy atom. The van der Waals surface area contributed by atoms with Gasteiger partial charge in [0.1, 0.15) is 5.82 Å². The molecule has 0 unspecified atom stereocenters. The Kier molecular flexibility index (Phi) is 5.36. The molecule has 26 heavy (non-hydrogen) atoms. The average molecular weight is 392 g/mol. The number of halogens is 2. The minimum absolute atomic E-state index is 0.291. The zero-order chi connectivity index (χ0) is 17.9. The molecule has 136 valence electrons. The zero-order valence-electron chi connectivity index (χ0n) is 14.2. The van der Waals surface area contributed by atoms with Crippen molar-refractivity contribution in [2.24, 2.45) is 0 Å². The molecule has 0 radical (unpaired) electrons. The molecule has 2 aromatic heterocycles. The van der Waals surface area contributed by atoms with Crippen LogP contribution in [0.2, 0.25) is 5.02 Å². The predicted molar refractivity (Wildman–Crippen MR) is 102 cm³/mol. The number of aromatic nitrogens is 1. The van der Waals surface area contributed by atoms with Crippen molar-refractivity contribution < 1.29 is 8.81 Å². The van der Waals surface area contributed by atoms with E-state index in [1.165, 1.54) is 12.1 Å². The molecule has 1 aromatic carbocycles. The quantitative estimate of drug-likeness (QED) is 0.640. The molecular formula is C19H19ClFN3OS. The molecule has 0 saturated carbocycles. The summed E-state index contributed by atoms with van der Waals surface area (Å²) in [6.07, 6.45) is 1.67. The van der Waals surface area contributed by atoms with Crippen LogP contribution < -0.4 is 0 Å². The molecule has 0 atom stereocenters. The Labute approximate surface area is 160 Å². The van der Waals surface area contributed by atoms with Crippen LogP contribution in [0.1, 0.15) is 11.3 Å². The van der Waals surface area contributed by atoms with Crippen molar-refractivity contribution in [1.29, 1.82) is 0 Å². The fraction of sp³-hybridized carbons (Fsp3) is 0.316. The molecule has 1 fully saturated rings. The lowest BCUT2D eigenvalue weighted by atomic mass is 10.2. The van der Waals surface area contributed by atoms with Gasteiger partial charge in [-0.05, 0) is 29.8 Å². The fourth-order valence-corrected chi connectivity index (χ4v) is 4.12. The van der Waals surface area contributed by atoms with Gasteiger partial charge < -0.3 is 4.42 Å². The highest BCUT2D eigenvalue weighted by molar-refractivity contribution is 7.13. The second-order valence-electron chi connectivity index (χ2n) is 6.41. The minimum Gasteiger partial charge on any atom is -0.462 e. The van der Waals surface area contributed by atoms with Crippen molar-refractivity contribution >= 4 is 22.9 Å². The predicted octanol–water partition coefficient (Wildman–Crippen LogP) is 4.51. The van der Waals surface area contributed by atoms with Crippen molar-refractivity contribution in [2.45, 2.75) is 13.1 Å². The molecule has 4 rings (SSSR count). The highest BCUT2D eigenvalue weighted by atomic mass is 35.5. The molecule has 0 aliphatic carbocycles. The van der Waals surface area contributed by atoms with Gasteiger partial charge in [-0.2, -0.15) is 0 Å². The first-order valence-electron chi connectivity index (χ1n) is 8.54. The van der Waals surface area contributed by atoms with Crippen LogP contribution in [-0.4, -0.2) is 41.0 Å². The fourth-order valence-electron chi connectivity index (χ4n) is 3.12. The van der Waals surface area contributed by atoms with E-state index in [4.69, 9.17) is 16.0 Å². The number of thiazole rings is 1. The topological polar surface area (TPSA) is 32.5 Å². The summed E-state index contributed by atoms with van der Waals surface area (Å²) in [7, 11) is 0. The molecular weight excluding hydrogens is 373 g/mol. The van der Waals surface area contributed by atoms with E-state index in [2.05, 4.69) is 20.2 Å². The number of hydrogen-bond acceptors (Lipinski definition) is 5. The third-order valence-electron chi connectivity index (χ3n) is 4.54. The summed E-state index contributed by atoms with van der Waals surface area (Å²) in [4.78, 5) is 9.43. The normalized spacial score (nSPS) is 16.2. The molecule has 7 heteroatoms. The van der Waals surface area contributed by atoms with E-state index in [1.54, 1.807) is 23.7 Å². The zero-order valence-corrected chi connectivity index (χ0v) is 15.8. The Morgan fingerprint density at radius 2 is 1.88 bits per heavy atom. The lowest BCUT2D eigenvalue weighted by Crippen LogP contribution is -2.45. The smallest absolute Gasteiger partial charge is 0.162 e. The van der Waals surface area contributed by atoms with Gasteiger partial charge in [0.15, 0.2) is 10.8 Å². The van der Waals surface area contributed by atoms with E-state index >= 15 is 0 Å². The molecule has 0 bridgehead atoms. The Morgan fingerprint density at radius 1 is 1.12 bits per heavy atom. The standard InChI is InChI=1S/C19H19ClFN3OS/c20-17-10-15(21)4-3-14(17)11-23-5-7-24(8-6-23)12-16-13-26-19(22-16)18-2-1-9-25-18/h1-4,9-10,13H,5-8,11-12H2. The monoisotopic (exact) mass is 391 g/mol. The van der Waals surface area contributed by atoms with Crippen LogP contribution in [0.4, 0.5) is 4.39 Å². The summed E-state index contributed by atoms with van der Waals surface area (Å²) in [5.74, 6) is 0.531. The largest absolute Gasteiger partial charge is 0.462 e. The SMILES string of the molecule is Fc1ccc(CN2CCN(Cc3csc(-c4ccco4)n3)CC2)c(Cl)c1. The van der Waals surface area contributed by atoms with Crippen LogP contribution in [0.5, 0.6) is 0 Å². The van der Waals surface area contributed by atoms with Gasteiger partial charge in [-0.1, -0.05) is 17.7 Å². The lowest BCUT2D eigenvalue weighted by Gasteiger charge is -2.34. The molecule has 1 aliphatic heterocycles. The van der Waals surface area contributed by atoms with Crippen molar-refractivity contribution in [3.63, 3.8) is 0 Å². The maximum Gasteiger partial charge on any atom is 0.162 e. The van der Waals surface area contributed by atoms with Gasteiger partial charge in [0.2, 0.25) is 0 Å². The van der Waals surface area contributed by atoms with Crippen molar-refractivity contribution in [2.75, 3.05) is 26.2 Å². The number of benzene rings is 1. The number of rotatable bonds is 5. The molecule has 1 saturated heterocycles. The number of piperazine rings is 1. The van der Waals surface area contributed by atoms with Gasteiger partial charge in [0.25, 0.3) is 0 Å². The molecule has 0 amide bonds. The first-order valence-corrected chi connectivity index (χ1v) is 9.80. The molecule has 3 heterocycles. The van der Waals surface area contributed by atoms with Gasteiger partial charge in [0, 0.05) is 49.7 Å². The molecule has 1 aliphatic rings. The molecule has 0 N–H and O–H groups in total. The van der Waals surface area contributed by atoms with Crippen molar-refractivity contribution in [3.05, 3.63) is 64.1 Å². The van der Waals surface area contributed by atoms with E-state index in [0.29, 0.717) is 5.02 Å². The van der Waals surface area contributed by atoms with Gasteiger partial charge in [-0.15, -0.1) is 11.3 Å². The summed E-state index contributed by atoms with van der Waals surface area (Å²) in [6, 6.07) is 8.43. The lowest BCUT2D eigenvalue weighted by molar-refractivity contribution is 0.121. The van der Waals surface area contributed by atoms with Gasteiger partial charge in [0.05, 0.1) is 12.0 Å². The van der Waals surface area contributed by atoms with Crippen LogP contribution >= 0.6 is 22.9 Å². The summed E-state index contributed by atoms with van der Waals surface area (Å²) in [5, 5.41) is 3.53. The molecule has 4 nitrogen and oxygen atoms in total. The van der Waals surface area contributed by atoms with E-state index in [0.717, 1.165) is 61.3 Å². The number of hydrogen-bond donors (Lipinski definition) is 0. The van der Waals surface area contributed by atoms with Crippen LogP contribution in [0, 0.1) is 5.82 Å². The molecule has 0 spiro atoms. The summed E-state index contributed by atoms with van der Waals surface area (Å²) in [6.45, 7) is 5.49. The first kappa shape index (κ1) is 17.7. The van der Waals surface area contributed by atoms with E-state index in [-0.39, 0.29) is 5.82 Å². The van der Waals surface area contributed by atoms with E-state index in [9.17, 15) is 4.39 Å². The van der Waals surface area contributed by atoms with Gasteiger partial charge >= 0.3 is 0 Å². The first-order chi connectivity index (χ1) is 12.7. The van der Waals surface area contributed by atoms with Crippen LogP contribution in [-0.2, 0) is 13.1 Å². The second-order valence-corrected chi connectivity index (χ2v) is 7.67. The highest BCUT2D eigenvalue weighted by Crippen LogP contribution is 2.25. The van der Waals surface area contributed by atoms with Crippen molar-refractivity contribution in [3.8, 4) is 10.8 Å². The van der Waals surface area contributed by atoms with E-state index < -0.39 is 0 Å². The minimum atomic E-state index is -0.291. The summed E-state index contributed by atoms with van der Waals surface area (Å²) < 4.78 is 18.6. The third kappa shape index (κ3) is 4.15. The second kappa shape index (κ2) is 7.88. The maximum absolute atomic E-state index is 13.2. The Hall–Kier alpha value is -1.73. The van der Waals surface area contributed by atoms with Gasteiger partial charge in [-0.25, -0.2) is 9.37 Å². The number of furan rings is 1. The average Bonchev–Trinajstić information content (AvgIpc) is 3.30.